The number of hydrogen-bond acceptors (Lipinski definition) is 4. The molecule has 0 fully saturated rings. The molecule has 19 heavy (non-hydrogen) atoms. The average Bonchev–Trinajstić information content (AvgIpc) is 2.72. The van der Waals surface area contributed by atoms with Crippen molar-refractivity contribution in [3.8, 4) is 0 Å². The third-order valence-electron chi connectivity index (χ3n) is 2.39. The van der Waals surface area contributed by atoms with Gasteiger partial charge in [-0.3, -0.25) is 0 Å². The fourth-order valence-corrected chi connectivity index (χ4v) is 2.49. The largest absolute Gasteiger partial charge is 0.409 e. The molecule has 9 heteroatoms. The maximum absolute atomic E-state index is 12.6. The van der Waals surface area contributed by atoms with Crippen molar-refractivity contribution in [1.82, 2.24) is 5.32 Å². The molecule has 0 bridgehead atoms. The van der Waals surface area contributed by atoms with E-state index in [1.165, 1.54) is 11.3 Å². The first-order chi connectivity index (χ1) is 8.84. The van der Waals surface area contributed by atoms with Gasteiger partial charge in [0.05, 0.1) is 4.34 Å². The highest BCUT2D eigenvalue weighted by Crippen LogP contribution is 2.26. The summed E-state index contributed by atoms with van der Waals surface area (Å²) in [6, 6.07) is 3.55. The Kier molecular flexibility index (Phi) is 5.89. The highest BCUT2D eigenvalue weighted by molar-refractivity contribution is 7.16. The zero-order chi connectivity index (χ0) is 14.5. The van der Waals surface area contributed by atoms with Gasteiger partial charge in [-0.15, -0.1) is 11.3 Å². The number of hydrogen-bond donors (Lipinski definition) is 3. The third-order valence-corrected chi connectivity index (χ3v) is 3.68. The van der Waals surface area contributed by atoms with Gasteiger partial charge in [0, 0.05) is 11.4 Å². The van der Waals surface area contributed by atoms with Gasteiger partial charge in [-0.2, -0.15) is 13.2 Å². The van der Waals surface area contributed by atoms with Crippen molar-refractivity contribution in [3.05, 3.63) is 21.3 Å². The number of amidine groups is 1. The highest BCUT2D eigenvalue weighted by atomic mass is 35.5. The molecule has 0 aliphatic rings. The Morgan fingerprint density at radius 2 is 2.21 bits per heavy atom. The Morgan fingerprint density at radius 1 is 1.53 bits per heavy atom. The van der Waals surface area contributed by atoms with Crippen LogP contribution in [-0.4, -0.2) is 30.3 Å². The summed E-state index contributed by atoms with van der Waals surface area (Å²) in [6.45, 7) is -0.0827. The number of rotatable bonds is 6. The van der Waals surface area contributed by atoms with Gasteiger partial charge in [0.15, 0.2) is 5.84 Å². The molecule has 1 heterocycles. The van der Waals surface area contributed by atoms with E-state index in [2.05, 4.69) is 10.5 Å². The summed E-state index contributed by atoms with van der Waals surface area (Å²) in [4.78, 5) is 0.977. The molecule has 1 unspecified atom stereocenters. The van der Waals surface area contributed by atoms with Crippen LogP contribution in [0.2, 0.25) is 4.34 Å². The number of nitrogens with one attached hydrogen (secondary N) is 1. The predicted octanol–water partition coefficient (Wildman–Crippen LogP) is 2.46. The molecule has 4 nitrogen and oxygen atoms in total. The summed E-state index contributed by atoms with van der Waals surface area (Å²) >= 11 is 7.11. The predicted molar refractivity (Wildman–Crippen MR) is 68.9 cm³/mol. The Bertz CT molecular complexity index is 436. The van der Waals surface area contributed by atoms with Crippen molar-refractivity contribution in [2.24, 2.45) is 16.8 Å². The molecule has 108 valence electrons. The van der Waals surface area contributed by atoms with Crippen molar-refractivity contribution in [2.45, 2.75) is 12.6 Å². The number of nitrogens with zero attached hydrogens (tertiary/aromatic N) is 1. The lowest BCUT2D eigenvalue weighted by Gasteiger charge is -2.19. The second-order valence-corrected chi connectivity index (χ2v) is 5.58. The van der Waals surface area contributed by atoms with E-state index in [9.17, 15) is 13.2 Å². The minimum atomic E-state index is -4.55. The second-order valence-electron chi connectivity index (χ2n) is 3.78. The molecular weight excluding hydrogens is 303 g/mol. The zero-order valence-electron chi connectivity index (χ0n) is 9.75. The van der Waals surface area contributed by atoms with Crippen molar-refractivity contribution < 1.29 is 18.4 Å². The Balaban J connectivity index is 2.41. The fraction of sp³-hybridized carbons (Fsp3) is 0.500. The van der Waals surface area contributed by atoms with Crippen molar-refractivity contribution >= 4 is 28.8 Å². The summed E-state index contributed by atoms with van der Waals surface area (Å²) < 4.78 is 38.4. The van der Waals surface area contributed by atoms with Crippen LogP contribution in [0.1, 0.15) is 4.88 Å². The summed E-state index contributed by atoms with van der Waals surface area (Å²) in [5.41, 5.74) is 5.02. The smallest absolute Gasteiger partial charge is 0.400 e. The lowest BCUT2D eigenvalue weighted by atomic mass is 10.1. The van der Waals surface area contributed by atoms with E-state index >= 15 is 0 Å². The number of nitrogens with two attached hydrogens (primary N) is 1. The van der Waals surface area contributed by atoms with Crippen LogP contribution in [0.5, 0.6) is 0 Å². The minimum Gasteiger partial charge on any atom is -0.409 e. The standard InChI is InChI=1S/C10H13ClF3N3OS/c11-8-2-1-6(19-8)3-4-16-5-7(9(15)17-18)10(12,13)14/h1-2,7,16,18H,3-5H2,(H2,15,17). The highest BCUT2D eigenvalue weighted by Gasteiger charge is 2.42. The average molecular weight is 316 g/mol. The van der Waals surface area contributed by atoms with Gasteiger partial charge < -0.3 is 16.3 Å². The Hall–Kier alpha value is -0.990. The molecule has 1 aromatic rings. The topological polar surface area (TPSA) is 70.6 Å². The number of halogens is 4. The maximum atomic E-state index is 12.6. The molecule has 1 atom stereocenters. The van der Waals surface area contributed by atoms with Crippen LogP contribution in [0, 0.1) is 5.92 Å². The maximum Gasteiger partial charge on any atom is 0.400 e. The van der Waals surface area contributed by atoms with Crippen LogP contribution in [0.4, 0.5) is 13.2 Å². The van der Waals surface area contributed by atoms with Crippen molar-refractivity contribution in [1.29, 1.82) is 0 Å². The SMILES string of the molecule is N/C(=N/O)C(CNCCc1ccc(Cl)s1)C(F)(F)F. The van der Waals surface area contributed by atoms with Gasteiger partial charge in [0.25, 0.3) is 0 Å². The number of oxime groups is 1. The second kappa shape index (κ2) is 6.97. The van der Waals surface area contributed by atoms with Crippen LogP contribution >= 0.6 is 22.9 Å². The van der Waals surface area contributed by atoms with E-state index in [-0.39, 0.29) is 0 Å². The molecule has 0 aliphatic carbocycles. The summed E-state index contributed by atoms with van der Waals surface area (Å²) in [5, 5.41) is 13.4. The molecule has 0 aromatic carbocycles. The molecule has 4 N–H and O–H groups in total. The normalized spacial score (nSPS) is 14.6. The molecule has 1 aromatic heterocycles. The van der Waals surface area contributed by atoms with Crippen LogP contribution < -0.4 is 11.1 Å². The molecule has 0 saturated carbocycles. The number of thiophene rings is 1. The van der Waals surface area contributed by atoms with E-state index < -0.39 is 24.5 Å². The Labute approximate surface area is 117 Å². The summed E-state index contributed by atoms with van der Waals surface area (Å²) in [7, 11) is 0. The Morgan fingerprint density at radius 3 is 2.68 bits per heavy atom. The van der Waals surface area contributed by atoms with Crippen molar-refractivity contribution in [2.75, 3.05) is 13.1 Å². The van der Waals surface area contributed by atoms with E-state index in [4.69, 9.17) is 22.5 Å². The number of alkyl halides is 3. The van der Waals surface area contributed by atoms with E-state index in [1.54, 1.807) is 6.07 Å². The van der Waals surface area contributed by atoms with Gasteiger partial charge in [-0.25, -0.2) is 0 Å². The van der Waals surface area contributed by atoms with Crippen molar-refractivity contribution in [3.63, 3.8) is 0 Å². The first kappa shape index (κ1) is 16.1. The van der Waals surface area contributed by atoms with E-state index in [0.29, 0.717) is 17.3 Å². The van der Waals surface area contributed by atoms with Crippen LogP contribution in [0.3, 0.4) is 0 Å². The summed E-state index contributed by atoms with van der Waals surface area (Å²) in [6.07, 6.45) is -3.98. The van der Waals surface area contributed by atoms with Crippen LogP contribution in [-0.2, 0) is 6.42 Å². The lowest BCUT2D eigenvalue weighted by molar-refractivity contribution is -0.154. The van der Waals surface area contributed by atoms with Crippen LogP contribution in [0.25, 0.3) is 0 Å². The minimum absolute atomic E-state index is 0.349. The van der Waals surface area contributed by atoms with Crippen LogP contribution in [0.15, 0.2) is 17.3 Å². The quantitative estimate of drug-likeness (QED) is 0.248. The first-order valence-corrected chi connectivity index (χ1v) is 6.53. The zero-order valence-corrected chi connectivity index (χ0v) is 11.3. The molecule has 0 radical (unpaired) electrons. The van der Waals surface area contributed by atoms with Gasteiger partial charge in [0.1, 0.15) is 5.92 Å². The lowest BCUT2D eigenvalue weighted by Crippen LogP contribution is -2.43. The third kappa shape index (κ3) is 5.25. The summed E-state index contributed by atoms with van der Waals surface area (Å²) in [5.74, 6) is -2.84. The fourth-order valence-electron chi connectivity index (χ4n) is 1.40. The molecule has 1 rings (SSSR count). The van der Waals surface area contributed by atoms with E-state index in [1.807, 2.05) is 6.07 Å². The molecular formula is C10H13ClF3N3OS. The van der Waals surface area contributed by atoms with Gasteiger partial charge in [-0.05, 0) is 25.1 Å². The molecule has 0 saturated heterocycles. The molecule has 0 spiro atoms. The first-order valence-electron chi connectivity index (χ1n) is 5.33. The van der Waals surface area contributed by atoms with Gasteiger partial charge in [0.2, 0.25) is 0 Å². The van der Waals surface area contributed by atoms with E-state index in [0.717, 1.165) is 4.88 Å². The van der Waals surface area contributed by atoms with Gasteiger partial charge in [-0.1, -0.05) is 16.8 Å². The van der Waals surface area contributed by atoms with Gasteiger partial charge >= 0.3 is 6.18 Å². The molecule has 0 amide bonds. The monoisotopic (exact) mass is 315 g/mol. The molecule has 0 aliphatic heterocycles.